The van der Waals surface area contributed by atoms with E-state index in [1.54, 1.807) is 0 Å². The Balaban J connectivity index is 1.68. The van der Waals surface area contributed by atoms with E-state index in [0.29, 0.717) is 12.1 Å². The third-order valence-corrected chi connectivity index (χ3v) is 3.98. The summed E-state index contributed by atoms with van der Waals surface area (Å²) in [5, 5.41) is 4.83. The lowest BCUT2D eigenvalue weighted by Crippen LogP contribution is -2.29. The summed E-state index contributed by atoms with van der Waals surface area (Å²) in [6.07, 6.45) is 6.97. The van der Waals surface area contributed by atoms with Crippen LogP contribution in [-0.4, -0.2) is 24.2 Å². The molecule has 1 aromatic carbocycles. The number of anilines is 1. The number of rotatable bonds is 3. The van der Waals surface area contributed by atoms with Gasteiger partial charge < -0.3 is 10.1 Å². The largest absolute Gasteiger partial charge is 0.382 e. The fraction of sp³-hybridized carbons (Fsp3) is 0.438. The SMILES string of the molecule is COC1CCC(Nc2ccc3ncccc3c2)CC1. The summed E-state index contributed by atoms with van der Waals surface area (Å²) in [5.74, 6) is 0. The number of fused-ring (bicyclic) bond motifs is 1. The van der Waals surface area contributed by atoms with Gasteiger partial charge in [-0.2, -0.15) is 0 Å². The van der Waals surface area contributed by atoms with Gasteiger partial charge in [-0.15, -0.1) is 0 Å². The highest BCUT2D eigenvalue weighted by atomic mass is 16.5. The van der Waals surface area contributed by atoms with E-state index in [1.807, 2.05) is 19.4 Å². The van der Waals surface area contributed by atoms with Crippen LogP contribution in [0.3, 0.4) is 0 Å². The zero-order chi connectivity index (χ0) is 13.1. The number of methoxy groups -OCH3 is 1. The molecule has 2 aromatic rings. The molecule has 0 saturated heterocycles. The molecule has 0 radical (unpaired) electrons. The van der Waals surface area contributed by atoms with Crippen molar-refractivity contribution in [2.24, 2.45) is 0 Å². The van der Waals surface area contributed by atoms with Gasteiger partial charge in [0.15, 0.2) is 0 Å². The summed E-state index contributed by atoms with van der Waals surface area (Å²) >= 11 is 0. The smallest absolute Gasteiger partial charge is 0.0703 e. The van der Waals surface area contributed by atoms with Crippen molar-refractivity contribution in [3.05, 3.63) is 36.5 Å². The summed E-state index contributed by atoms with van der Waals surface area (Å²) in [6.45, 7) is 0. The Kier molecular flexibility index (Phi) is 3.65. The number of nitrogens with zero attached hydrogens (tertiary/aromatic N) is 1. The first kappa shape index (κ1) is 12.4. The highest BCUT2D eigenvalue weighted by Gasteiger charge is 2.20. The molecule has 3 heteroatoms. The number of benzene rings is 1. The van der Waals surface area contributed by atoms with Crippen LogP contribution in [0.25, 0.3) is 10.9 Å². The normalized spacial score (nSPS) is 23.4. The molecule has 100 valence electrons. The molecule has 0 atom stereocenters. The monoisotopic (exact) mass is 256 g/mol. The van der Waals surface area contributed by atoms with Crippen molar-refractivity contribution >= 4 is 16.6 Å². The number of aromatic nitrogens is 1. The number of hydrogen-bond donors (Lipinski definition) is 1. The molecular formula is C16H20N2O. The minimum atomic E-state index is 0.457. The topological polar surface area (TPSA) is 34.1 Å². The van der Waals surface area contributed by atoms with Crippen molar-refractivity contribution in [3.8, 4) is 0 Å². The molecule has 1 N–H and O–H groups in total. The van der Waals surface area contributed by atoms with Gasteiger partial charge in [-0.25, -0.2) is 0 Å². The van der Waals surface area contributed by atoms with Crippen LogP contribution in [0.1, 0.15) is 25.7 Å². The third-order valence-electron chi connectivity index (χ3n) is 3.98. The first-order valence-electron chi connectivity index (χ1n) is 6.99. The zero-order valence-electron chi connectivity index (χ0n) is 11.3. The first-order chi connectivity index (χ1) is 9.35. The Labute approximate surface area is 114 Å². The van der Waals surface area contributed by atoms with Crippen LogP contribution in [0.15, 0.2) is 36.5 Å². The Morgan fingerprint density at radius 1 is 1.16 bits per heavy atom. The molecule has 1 fully saturated rings. The molecule has 1 saturated carbocycles. The lowest BCUT2D eigenvalue weighted by atomic mass is 9.93. The molecule has 1 aliphatic carbocycles. The number of ether oxygens (including phenoxy) is 1. The minimum Gasteiger partial charge on any atom is -0.382 e. The van der Waals surface area contributed by atoms with Gasteiger partial charge in [0.05, 0.1) is 11.6 Å². The molecule has 0 bridgehead atoms. The first-order valence-corrected chi connectivity index (χ1v) is 6.99. The molecular weight excluding hydrogens is 236 g/mol. The van der Waals surface area contributed by atoms with Crippen LogP contribution in [0.2, 0.25) is 0 Å². The Morgan fingerprint density at radius 3 is 2.79 bits per heavy atom. The summed E-state index contributed by atoms with van der Waals surface area (Å²) in [5.41, 5.74) is 2.25. The van der Waals surface area contributed by atoms with Crippen LogP contribution in [0, 0.1) is 0 Å². The fourth-order valence-corrected chi connectivity index (χ4v) is 2.84. The maximum Gasteiger partial charge on any atom is 0.0703 e. The molecule has 0 unspecified atom stereocenters. The summed E-state index contributed by atoms with van der Waals surface area (Å²) in [6, 6.07) is 11.0. The average Bonchev–Trinajstić information content (AvgIpc) is 2.48. The highest BCUT2D eigenvalue weighted by Crippen LogP contribution is 2.25. The van der Waals surface area contributed by atoms with E-state index >= 15 is 0 Å². The van der Waals surface area contributed by atoms with Gasteiger partial charge in [0, 0.05) is 30.4 Å². The van der Waals surface area contributed by atoms with Crippen molar-refractivity contribution in [1.82, 2.24) is 4.98 Å². The highest BCUT2D eigenvalue weighted by molar-refractivity contribution is 5.82. The summed E-state index contributed by atoms with van der Waals surface area (Å²) in [4.78, 5) is 4.35. The van der Waals surface area contributed by atoms with E-state index in [9.17, 15) is 0 Å². The van der Waals surface area contributed by atoms with E-state index < -0.39 is 0 Å². The Bertz CT molecular complexity index is 547. The maximum absolute atomic E-state index is 5.41. The van der Waals surface area contributed by atoms with Crippen LogP contribution < -0.4 is 5.32 Å². The molecule has 1 aromatic heterocycles. The summed E-state index contributed by atoms with van der Waals surface area (Å²) in [7, 11) is 1.81. The predicted octanol–water partition coefficient (Wildman–Crippen LogP) is 3.60. The quantitative estimate of drug-likeness (QED) is 0.911. The van der Waals surface area contributed by atoms with Crippen LogP contribution in [0.5, 0.6) is 0 Å². The van der Waals surface area contributed by atoms with Crippen LogP contribution in [0.4, 0.5) is 5.69 Å². The van der Waals surface area contributed by atoms with Crippen molar-refractivity contribution < 1.29 is 4.74 Å². The molecule has 1 aliphatic rings. The number of pyridine rings is 1. The zero-order valence-corrected chi connectivity index (χ0v) is 11.3. The van der Waals surface area contributed by atoms with Gasteiger partial charge >= 0.3 is 0 Å². The van der Waals surface area contributed by atoms with Gasteiger partial charge in [-0.05, 0) is 49.9 Å². The second-order valence-corrected chi connectivity index (χ2v) is 5.26. The summed E-state index contributed by atoms with van der Waals surface area (Å²) < 4.78 is 5.41. The molecule has 1 heterocycles. The molecule has 0 spiro atoms. The molecule has 19 heavy (non-hydrogen) atoms. The number of nitrogens with one attached hydrogen (secondary N) is 1. The van der Waals surface area contributed by atoms with Crippen molar-refractivity contribution in [2.75, 3.05) is 12.4 Å². The minimum absolute atomic E-state index is 0.457. The van der Waals surface area contributed by atoms with E-state index in [2.05, 4.69) is 34.6 Å². The van der Waals surface area contributed by atoms with Gasteiger partial charge in [0.1, 0.15) is 0 Å². The van der Waals surface area contributed by atoms with E-state index in [1.165, 1.54) is 23.9 Å². The third kappa shape index (κ3) is 2.87. The molecule has 3 nitrogen and oxygen atoms in total. The second-order valence-electron chi connectivity index (χ2n) is 5.26. The Hall–Kier alpha value is -1.61. The van der Waals surface area contributed by atoms with Gasteiger partial charge in [0.25, 0.3) is 0 Å². The van der Waals surface area contributed by atoms with Crippen LogP contribution in [-0.2, 0) is 4.74 Å². The average molecular weight is 256 g/mol. The molecule has 0 amide bonds. The van der Waals surface area contributed by atoms with Crippen molar-refractivity contribution in [1.29, 1.82) is 0 Å². The van der Waals surface area contributed by atoms with Crippen molar-refractivity contribution in [2.45, 2.75) is 37.8 Å². The van der Waals surface area contributed by atoms with E-state index in [0.717, 1.165) is 18.4 Å². The van der Waals surface area contributed by atoms with Gasteiger partial charge in [-0.3, -0.25) is 4.98 Å². The van der Waals surface area contributed by atoms with Crippen LogP contribution >= 0.6 is 0 Å². The van der Waals surface area contributed by atoms with Gasteiger partial charge in [-0.1, -0.05) is 6.07 Å². The predicted molar refractivity (Wildman–Crippen MR) is 78.4 cm³/mol. The fourth-order valence-electron chi connectivity index (χ4n) is 2.84. The Morgan fingerprint density at radius 2 is 2.00 bits per heavy atom. The maximum atomic E-state index is 5.41. The lowest BCUT2D eigenvalue weighted by molar-refractivity contribution is 0.0682. The van der Waals surface area contributed by atoms with E-state index in [-0.39, 0.29) is 0 Å². The lowest BCUT2D eigenvalue weighted by Gasteiger charge is -2.29. The van der Waals surface area contributed by atoms with Gasteiger partial charge in [0.2, 0.25) is 0 Å². The molecule has 0 aliphatic heterocycles. The standard InChI is InChI=1S/C16H20N2O/c1-19-15-7-4-13(5-8-15)18-14-6-9-16-12(11-14)3-2-10-17-16/h2-3,6,9-11,13,15,18H,4-5,7-8H2,1H3. The van der Waals surface area contributed by atoms with E-state index in [4.69, 9.17) is 4.74 Å². The number of hydrogen-bond acceptors (Lipinski definition) is 3. The second kappa shape index (κ2) is 5.57. The van der Waals surface area contributed by atoms with Crippen molar-refractivity contribution in [3.63, 3.8) is 0 Å². The molecule has 3 rings (SSSR count).